The molecule has 0 aliphatic carbocycles. The summed E-state index contributed by atoms with van der Waals surface area (Å²) in [5.74, 6) is -0.234. The lowest BCUT2D eigenvalue weighted by atomic mass is 10.0. The third kappa shape index (κ3) is 4.52. The summed E-state index contributed by atoms with van der Waals surface area (Å²) in [5, 5.41) is 0. The van der Waals surface area contributed by atoms with Gasteiger partial charge in [-0.25, -0.2) is 0 Å². The molecule has 0 atom stereocenters. The minimum absolute atomic E-state index is 0.234. The first-order valence-corrected chi connectivity index (χ1v) is 6.61. The smallest absolute Gasteiger partial charge is 0.168 e. The van der Waals surface area contributed by atoms with E-state index in [1.165, 1.54) is 25.7 Å². The monoisotopic (exact) mass is 214 g/mol. The average molecular weight is 214 g/mol. The summed E-state index contributed by atoms with van der Waals surface area (Å²) in [5.41, 5.74) is 0. The lowest BCUT2D eigenvalue weighted by Crippen LogP contribution is -2.35. The van der Waals surface area contributed by atoms with E-state index in [0.29, 0.717) is 0 Å². The molecule has 2 heteroatoms. The van der Waals surface area contributed by atoms with Gasteiger partial charge in [0.15, 0.2) is 5.79 Å². The van der Waals surface area contributed by atoms with Crippen molar-refractivity contribution in [1.29, 1.82) is 0 Å². The zero-order chi connectivity index (χ0) is 11.0. The molecular formula is C13H26O2. The van der Waals surface area contributed by atoms with E-state index in [0.717, 1.165) is 38.9 Å². The highest BCUT2D eigenvalue weighted by atomic mass is 16.7. The van der Waals surface area contributed by atoms with Crippen molar-refractivity contribution in [3.63, 3.8) is 0 Å². The molecule has 0 spiro atoms. The molecule has 15 heavy (non-hydrogen) atoms. The van der Waals surface area contributed by atoms with Gasteiger partial charge in [0, 0.05) is 12.8 Å². The van der Waals surface area contributed by atoms with Crippen molar-refractivity contribution in [2.24, 2.45) is 0 Å². The lowest BCUT2D eigenvalue weighted by molar-refractivity contribution is -0.234. The Labute approximate surface area is 94.3 Å². The maximum absolute atomic E-state index is 5.97. The largest absolute Gasteiger partial charge is 0.350 e. The lowest BCUT2D eigenvalue weighted by Gasteiger charge is -2.32. The van der Waals surface area contributed by atoms with Crippen LogP contribution in [-0.2, 0) is 9.47 Å². The van der Waals surface area contributed by atoms with Gasteiger partial charge >= 0.3 is 0 Å². The summed E-state index contributed by atoms with van der Waals surface area (Å²) >= 11 is 0. The van der Waals surface area contributed by atoms with Crippen molar-refractivity contribution in [2.75, 3.05) is 13.2 Å². The molecule has 0 bridgehead atoms. The fourth-order valence-electron chi connectivity index (χ4n) is 2.07. The zero-order valence-corrected chi connectivity index (χ0v) is 10.4. The maximum atomic E-state index is 5.97. The Hall–Kier alpha value is -0.0800. The predicted molar refractivity (Wildman–Crippen MR) is 62.9 cm³/mol. The van der Waals surface area contributed by atoms with E-state index in [9.17, 15) is 0 Å². The second-order valence-corrected chi connectivity index (χ2v) is 4.52. The minimum atomic E-state index is -0.234. The van der Waals surface area contributed by atoms with E-state index in [2.05, 4.69) is 13.8 Å². The summed E-state index contributed by atoms with van der Waals surface area (Å²) in [7, 11) is 0. The Kier molecular flexibility index (Phi) is 6.26. The first kappa shape index (κ1) is 13.0. The molecule has 90 valence electrons. The first-order chi connectivity index (χ1) is 7.33. The molecule has 1 saturated heterocycles. The normalized spacial score (nSPS) is 21.2. The van der Waals surface area contributed by atoms with Gasteiger partial charge in [-0.3, -0.25) is 0 Å². The van der Waals surface area contributed by atoms with Crippen LogP contribution in [0, 0.1) is 0 Å². The van der Waals surface area contributed by atoms with E-state index in [1.54, 1.807) is 0 Å². The van der Waals surface area contributed by atoms with Gasteiger partial charge in [0.1, 0.15) is 0 Å². The quantitative estimate of drug-likeness (QED) is 0.668. The van der Waals surface area contributed by atoms with Crippen LogP contribution in [0.1, 0.15) is 65.2 Å². The number of rotatable bonds is 6. The van der Waals surface area contributed by atoms with Crippen LogP contribution in [0.2, 0.25) is 0 Å². The van der Waals surface area contributed by atoms with Crippen LogP contribution in [0.4, 0.5) is 0 Å². The molecule has 0 radical (unpaired) electrons. The second-order valence-electron chi connectivity index (χ2n) is 4.52. The van der Waals surface area contributed by atoms with E-state index in [-0.39, 0.29) is 5.79 Å². The van der Waals surface area contributed by atoms with Crippen molar-refractivity contribution >= 4 is 0 Å². The van der Waals surface area contributed by atoms with Crippen LogP contribution < -0.4 is 0 Å². The first-order valence-electron chi connectivity index (χ1n) is 6.61. The molecule has 1 fully saturated rings. The highest BCUT2D eigenvalue weighted by molar-refractivity contribution is 4.72. The van der Waals surface area contributed by atoms with Gasteiger partial charge in [0.2, 0.25) is 0 Å². The molecule has 1 aliphatic rings. The Morgan fingerprint density at radius 1 is 0.867 bits per heavy atom. The summed E-state index contributed by atoms with van der Waals surface area (Å²) < 4.78 is 11.9. The molecule has 0 N–H and O–H groups in total. The van der Waals surface area contributed by atoms with Crippen LogP contribution in [0.15, 0.2) is 0 Å². The van der Waals surface area contributed by atoms with Gasteiger partial charge in [-0.1, -0.05) is 26.7 Å². The summed E-state index contributed by atoms with van der Waals surface area (Å²) in [6.07, 6.45) is 9.32. The van der Waals surface area contributed by atoms with Gasteiger partial charge in [-0.05, 0) is 25.7 Å². The molecule has 0 aromatic heterocycles. The van der Waals surface area contributed by atoms with Crippen LogP contribution in [-0.4, -0.2) is 19.0 Å². The fraction of sp³-hybridized carbons (Fsp3) is 1.00. The van der Waals surface area contributed by atoms with Crippen molar-refractivity contribution in [2.45, 2.75) is 71.0 Å². The molecule has 1 heterocycles. The number of ether oxygens (including phenoxy) is 2. The van der Waals surface area contributed by atoms with Gasteiger partial charge in [0.25, 0.3) is 0 Å². The molecule has 1 rings (SSSR count). The number of hydrogen-bond acceptors (Lipinski definition) is 2. The Bertz CT molecular complexity index is 139. The fourth-order valence-corrected chi connectivity index (χ4v) is 2.07. The van der Waals surface area contributed by atoms with Crippen molar-refractivity contribution in [3.8, 4) is 0 Å². The van der Waals surface area contributed by atoms with Crippen molar-refractivity contribution < 1.29 is 9.47 Å². The standard InChI is InChI=1S/C13H26O2/c1-3-5-9-13(10-6-4-2)14-11-7-8-12-15-13/h3-12H2,1-2H3. The number of hydrogen-bond donors (Lipinski definition) is 0. The van der Waals surface area contributed by atoms with Crippen LogP contribution >= 0.6 is 0 Å². The molecule has 1 aliphatic heterocycles. The van der Waals surface area contributed by atoms with Gasteiger partial charge < -0.3 is 9.47 Å². The van der Waals surface area contributed by atoms with Crippen LogP contribution in [0.5, 0.6) is 0 Å². The Morgan fingerprint density at radius 3 is 1.73 bits per heavy atom. The van der Waals surface area contributed by atoms with E-state index in [4.69, 9.17) is 9.47 Å². The molecule has 0 amide bonds. The molecule has 0 saturated carbocycles. The molecular weight excluding hydrogens is 188 g/mol. The zero-order valence-electron chi connectivity index (χ0n) is 10.4. The molecule has 2 nitrogen and oxygen atoms in total. The Balaban J connectivity index is 2.47. The third-order valence-electron chi connectivity index (χ3n) is 3.09. The minimum Gasteiger partial charge on any atom is -0.350 e. The highest BCUT2D eigenvalue weighted by Gasteiger charge is 2.31. The number of unbranched alkanes of at least 4 members (excludes halogenated alkanes) is 2. The highest BCUT2D eigenvalue weighted by Crippen LogP contribution is 2.29. The summed E-state index contributed by atoms with van der Waals surface area (Å²) in [4.78, 5) is 0. The van der Waals surface area contributed by atoms with Gasteiger partial charge in [-0.2, -0.15) is 0 Å². The van der Waals surface area contributed by atoms with E-state index >= 15 is 0 Å². The van der Waals surface area contributed by atoms with Crippen LogP contribution in [0.25, 0.3) is 0 Å². The average Bonchev–Trinajstić information content (AvgIpc) is 2.50. The van der Waals surface area contributed by atoms with E-state index in [1.807, 2.05) is 0 Å². The van der Waals surface area contributed by atoms with Gasteiger partial charge in [-0.15, -0.1) is 0 Å². The molecule has 0 unspecified atom stereocenters. The molecule has 0 aromatic rings. The van der Waals surface area contributed by atoms with Gasteiger partial charge in [0.05, 0.1) is 13.2 Å². The van der Waals surface area contributed by atoms with Crippen molar-refractivity contribution in [3.05, 3.63) is 0 Å². The van der Waals surface area contributed by atoms with Crippen molar-refractivity contribution in [1.82, 2.24) is 0 Å². The SMILES string of the molecule is CCCCC1(CCCC)OCCCCO1. The molecule has 0 aromatic carbocycles. The second kappa shape index (κ2) is 7.24. The van der Waals surface area contributed by atoms with Crippen LogP contribution in [0.3, 0.4) is 0 Å². The summed E-state index contributed by atoms with van der Waals surface area (Å²) in [6.45, 7) is 6.22. The third-order valence-corrected chi connectivity index (χ3v) is 3.09. The maximum Gasteiger partial charge on any atom is 0.168 e. The predicted octanol–water partition coefficient (Wildman–Crippen LogP) is 3.89. The Morgan fingerprint density at radius 2 is 1.33 bits per heavy atom. The van der Waals surface area contributed by atoms with E-state index < -0.39 is 0 Å². The topological polar surface area (TPSA) is 18.5 Å². The summed E-state index contributed by atoms with van der Waals surface area (Å²) in [6, 6.07) is 0.